The Kier molecular flexibility index (Phi) is 3.51. The van der Waals surface area contributed by atoms with Crippen LogP contribution in [-0.2, 0) is 4.74 Å². The van der Waals surface area contributed by atoms with Gasteiger partial charge in [0.15, 0.2) is 0 Å². The van der Waals surface area contributed by atoms with Gasteiger partial charge in [-0.3, -0.25) is 0 Å². The second kappa shape index (κ2) is 4.93. The fraction of sp³-hybridized carbons (Fsp3) is 0.727. The Morgan fingerprint density at radius 2 is 2.17 bits per heavy atom. The molecule has 0 spiro atoms. The van der Waals surface area contributed by atoms with Gasteiger partial charge in [-0.15, -0.1) is 0 Å². The monoisotopic (exact) mass is 253 g/mol. The summed E-state index contributed by atoms with van der Waals surface area (Å²) < 4.78 is 10.8. The summed E-state index contributed by atoms with van der Waals surface area (Å²) in [5, 5.41) is 3.22. The molecular weight excluding hydrogens is 234 g/mol. The molecule has 0 amide bonds. The summed E-state index contributed by atoms with van der Waals surface area (Å²) in [5.74, 6) is 0.566. The number of nitrogens with zero attached hydrogens (tertiary/aromatic N) is 3. The molecule has 1 atom stereocenters. The van der Waals surface area contributed by atoms with E-state index in [2.05, 4.69) is 27.2 Å². The second-order valence-electron chi connectivity index (χ2n) is 4.95. The first kappa shape index (κ1) is 12.8. The highest BCUT2D eigenvalue weighted by Gasteiger charge is 2.30. The quantitative estimate of drug-likeness (QED) is 0.820. The molecule has 0 bridgehead atoms. The minimum absolute atomic E-state index is 0.00921. The molecule has 2 rings (SSSR count). The lowest BCUT2D eigenvalue weighted by Gasteiger charge is -2.23. The minimum atomic E-state index is -0.164. The van der Waals surface area contributed by atoms with E-state index in [1.165, 1.54) is 0 Å². The van der Waals surface area contributed by atoms with E-state index in [1.54, 1.807) is 0 Å². The summed E-state index contributed by atoms with van der Waals surface area (Å²) in [6.07, 6.45) is 0.893. The topological polar surface area (TPSA) is 95.2 Å². The van der Waals surface area contributed by atoms with Crippen molar-refractivity contribution in [3.8, 4) is 6.01 Å². The van der Waals surface area contributed by atoms with Crippen molar-refractivity contribution in [1.29, 1.82) is 0 Å². The van der Waals surface area contributed by atoms with E-state index in [0.29, 0.717) is 12.6 Å². The van der Waals surface area contributed by atoms with Crippen LogP contribution in [-0.4, -0.2) is 39.8 Å². The van der Waals surface area contributed by atoms with Gasteiger partial charge in [-0.25, -0.2) is 0 Å². The molecule has 0 aromatic carbocycles. The molecule has 7 nitrogen and oxygen atoms in total. The van der Waals surface area contributed by atoms with E-state index in [0.717, 1.165) is 13.0 Å². The highest BCUT2D eigenvalue weighted by atomic mass is 16.5. The Morgan fingerprint density at radius 3 is 2.78 bits per heavy atom. The predicted octanol–water partition coefficient (Wildman–Crippen LogP) is 0.832. The van der Waals surface area contributed by atoms with Crippen molar-refractivity contribution in [3.05, 3.63) is 0 Å². The van der Waals surface area contributed by atoms with Crippen LogP contribution in [0.15, 0.2) is 0 Å². The summed E-state index contributed by atoms with van der Waals surface area (Å²) in [5.41, 5.74) is 5.48. The third-order valence-electron chi connectivity index (χ3n) is 2.61. The van der Waals surface area contributed by atoms with Crippen molar-refractivity contribution >= 4 is 11.9 Å². The zero-order valence-electron chi connectivity index (χ0n) is 10.9. The number of hydrogen-bond donors (Lipinski definition) is 2. The smallest absolute Gasteiger partial charge is 0.323 e. The number of nitrogens with one attached hydrogen (secondary N) is 1. The summed E-state index contributed by atoms with van der Waals surface area (Å²) in [6.45, 7) is 7.22. The summed E-state index contributed by atoms with van der Waals surface area (Å²) >= 11 is 0. The van der Waals surface area contributed by atoms with Crippen molar-refractivity contribution in [2.24, 2.45) is 0 Å². The first-order valence-electron chi connectivity index (χ1n) is 6.01. The van der Waals surface area contributed by atoms with Gasteiger partial charge in [0.2, 0.25) is 11.9 Å². The number of nitrogen functional groups attached to an aromatic ring is 1. The summed E-state index contributed by atoms with van der Waals surface area (Å²) in [4.78, 5) is 12.2. The number of ether oxygens (including phenoxy) is 2. The molecule has 18 heavy (non-hydrogen) atoms. The Balaban J connectivity index is 2.14. The molecule has 1 aliphatic rings. The van der Waals surface area contributed by atoms with Crippen molar-refractivity contribution < 1.29 is 9.47 Å². The summed E-state index contributed by atoms with van der Waals surface area (Å²) in [6, 6.07) is 0.238. The van der Waals surface area contributed by atoms with E-state index in [-0.39, 0.29) is 23.6 Å². The van der Waals surface area contributed by atoms with Gasteiger partial charge in [-0.1, -0.05) is 0 Å². The SMILES string of the molecule is CC(C)Oc1nc(N)nc(NC2(C)CCOC2)n1. The van der Waals surface area contributed by atoms with E-state index < -0.39 is 0 Å². The van der Waals surface area contributed by atoms with E-state index >= 15 is 0 Å². The molecule has 1 saturated heterocycles. The molecule has 0 saturated carbocycles. The minimum Gasteiger partial charge on any atom is -0.461 e. The molecule has 1 fully saturated rings. The van der Waals surface area contributed by atoms with Crippen LogP contribution in [0.4, 0.5) is 11.9 Å². The second-order valence-corrected chi connectivity index (χ2v) is 4.95. The van der Waals surface area contributed by atoms with Crippen LogP contribution in [0.25, 0.3) is 0 Å². The first-order chi connectivity index (χ1) is 8.47. The fourth-order valence-electron chi connectivity index (χ4n) is 1.73. The van der Waals surface area contributed by atoms with Crippen molar-refractivity contribution in [3.63, 3.8) is 0 Å². The van der Waals surface area contributed by atoms with Crippen LogP contribution >= 0.6 is 0 Å². The Labute approximate surface area is 106 Å². The number of hydrogen-bond acceptors (Lipinski definition) is 7. The predicted molar refractivity (Wildman–Crippen MR) is 67.5 cm³/mol. The zero-order valence-corrected chi connectivity index (χ0v) is 10.9. The summed E-state index contributed by atoms with van der Waals surface area (Å²) in [7, 11) is 0. The van der Waals surface area contributed by atoms with Crippen LogP contribution in [0, 0.1) is 0 Å². The third-order valence-corrected chi connectivity index (χ3v) is 2.61. The molecule has 1 aromatic rings. The lowest BCUT2D eigenvalue weighted by atomic mass is 10.0. The number of nitrogens with two attached hydrogens (primary N) is 1. The Bertz CT molecular complexity index is 418. The molecular formula is C11H19N5O2. The fourth-order valence-corrected chi connectivity index (χ4v) is 1.73. The molecule has 1 aromatic heterocycles. The van der Waals surface area contributed by atoms with Gasteiger partial charge in [0.1, 0.15) is 0 Å². The van der Waals surface area contributed by atoms with Crippen molar-refractivity contribution in [2.45, 2.75) is 38.8 Å². The highest BCUT2D eigenvalue weighted by Crippen LogP contribution is 2.22. The molecule has 0 aliphatic carbocycles. The van der Waals surface area contributed by atoms with Gasteiger partial charge in [0.05, 0.1) is 18.2 Å². The maximum atomic E-state index is 5.64. The standard InChI is InChI=1S/C11H19N5O2/c1-7(2)18-10-14-8(12)13-9(15-10)16-11(3)4-5-17-6-11/h7H,4-6H2,1-3H3,(H3,12,13,14,15,16). The normalized spacial score (nSPS) is 23.3. The first-order valence-corrected chi connectivity index (χ1v) is 6.01. The molecule has 3 N–H and O–H groups in total. The van der Waals surface area contributed by atoms with Gasteiger partial charge in [0, 0.05) is 6.61 Å². The average molecular weight is 253 g/mol. The molecule has 100 valence electrons. The van der Waals surface area contributed by atoms with Crippen LogP contribution in [0.3, 0.4) is 0 Å². The van der Waals surface area contributed by atoms with Crippen LogP contribution in [0.2, 0.25) is 0 Å². The van der Waals surface area contributed by atoms with E-state index in [4.69, 9.17) is 15.2 Å². The number of rotatable bonds is 4. The highest BCUT2D eigenvalue weighted by molar-refractivity contribution is 5.35. The Morgan fingerprint density at radius 1 is 1.39 bits per heavy atom. The molecule has 1 unspecified atom stereocenters. The molecule has 7 heteroatoms. The van der Waals surface area contributed by atoms with Gasteiger partial charge < -0.3 is 20.5 Å². The zero-order chi connectivity index (χ0) is 13.2. The van der Waals surface area contributed by atoms with Crippen LogP contribution in [0.1, 0.15) is 27.2 Å². The van der Waals surface area contributed by atoms with Crippen LogP contribution in [0.5, 0.6) is 6.01 Å². The van der Waals surface area contributed by atoms with Crippen LogP contribution < -0.4 is 15.8 Å². The average Bonchev–Trinajstić information content (AvgIpc) is 2.62. The molecule has 2 heterocycles. The number of anilines is 2. The van der Waals surface area contributed by atoms with Crippen molar-refractivity contribution in [2.75, 3.05) is 24.3 Å². The van der Waals surface area contributed by atoms with Gasteiger partial charge >= 0.3 is 6.01 Å². The van der Waals surface area contributed by atoms with Gasteiger partial charge in [0.25, 0.3) is 0 Å². The largest absolute Gasteiger partial charge is 0.461 e. The van der Waals surface area contributed by atoms with Crippen molar-refractivity contribution in [1.82, 2.24) is 15.0 Å². The maximum Gasteiger partial charge on any atom is 0.323 e. The molecule has 0 radical (unpaired) electrons. The third kappa shape index (κ3) is 3.19. The van der Waals surface area contributed by atoms with E-state index in [1.807, 2.05) is 13.8 Å². The maximum absolute atomic E-state index is 5.64. The molecule has 1 aliphatic heterocycles. The number of aromatic nitrogens is 3. The Hall–Kier alpha value is -1.63. The van der Waals surface area contributed by atoms with Gasteiger partial charge in [-0.05, 0) is 27.2 Å². The lowest BCUT2D eigenvalue weighted by Crippen LogP contribution is -2.36. The van der Waals surface area contributed by atoms with Gasteiger partial charge in [-0.2, -0.15) is 15.0 Å². The lowest BCUT2D eigenvalue weighted by molar-refractivity contribution is 0.185. The van der Waals surface area contributed by atoms with E-state index in [9.17, 15) is 0 Å².